The summed E-state index contributed by atoms with van der Waals surface area (Å²) in [5.74, 6) is -1.33. The maximum atomic E-state index is 13.1. The minimum atomic E-state index is -4.95. The molecule has 3 N–H and O–H groups in total. The fourth-order valence-corrected chi connectivity index (χ4v) is 13.1. The molecule has 0 bridgehead atoms. The summed E-state index contributed by atoms with van der Waals surface area (Å²) < 4.78 is 68.5. The normalized spacial score (nSPS) is 14.0. The number of ether oxygens (including phenoxy) is 4. The number of hydrogen-bond acceptors (Lipinski definition) is 15. The van der Waals surface area contributed by atoms with Gasteiger partial charge in [-0.05, 0) is 31.6 Å². The molecule has 94 heavy (non-hydrogen) atoms. The highest BCUT2D eigenvalue weighted by Crippen LogP contribution is 2.45. The van der Waals surface area contributed by atoms with Gasteiger partial charge in [-0.2, -0.15) is 0 Å². The third-order valence-electron chi connectivity index (χ3n) is 17.5. The van der Waals surface area contributed by atoms with Gasteiger partial charge in [0.2, 0.25) is 0 Å². The van der Waals surface area contributed by atoms with E-state index in [1.54, 1.807) is 0 Å². The molecule has 17 nitrogen and oxygen atoms in total. The maximum absolute atomic E-state index is 13.1. The van der Waals surface area contributed by atoms with E-state index in [4.69, 9.17) is 37.0 Å². The number of unbranched alkanes of at least 4 members (excludes halogenated alkanes) is 47. The van der Waals surface area contributed by atoms with Crippen molar-refractivity contribution in [2.75, 3.05) is 39.6 Å². The number of rotatable bonds is 75. The van der Waals surface area contributed by atoms with Gasteiger partial charge in [-0.25, -0.2) is 9.13 Å². The van der Waals surface area contributed by atoms with Gasteiger partial charge in [0.15, 0.2) is 12.2 Å². The van der Waals surface area contributed by atoms with E-state index >= 15 is 0 Å². The third-order valence-corrected chi connectivity index (χ3v) is 19.4. The number of carbonyl (C=O) groups excluding carboxylic acids is 4. The van der Waals surface area contributed by atoms with E-state index in [1.807, 2.05) is 0 Å². The average molecular weight is 1380 g/mol. The van der Waals surface area contributed by atoms with Crippen LogP contribution in [0.2, 0.25) is 0 Å². The number of phosphoric acid groups is 2. The zero-order valence-corrected chi connectivity index (χ0v) is 62.9. The van der Waals surface area contributed by atoms with Crippen molar-refractivity contribution in [3.8, 4) is 0 Å². The summed E-state index contributed by atoms with van der Waals surface area (Å²) in [4.78, 5) is 72.8. The van der Waals surface area contributed by atoms with Gasteiger partial charge in [0.25, 0.3) is 0 Å². The molecule has 558 valence electrons. The lowest BCUT2D eigenvalue weighted by Gasteiger charge is -2.21. The van der Waals surface area contributed by atoms with E-state index in [1.165, 1.54) is 218 Å². The Hall–Kier alpha value is -1.94. The highest BCUT2D eigenvalue weighted by Gasteiger charge is 2.30. The Morgan fingerprint density at radius 3 is 0.723 bits per heavy atom. The lowest BCUT2D eigenvalue weighted by Crippen LogP contribution is -2.30. The van der Waals surface area contributed by atoms with Gasteiger partial charge >= 0.3 is 39.5 Å². The van der Waals surface area contributed by atoms with Crippen molar-refractivity contribution in [1.29, 1.82) is 0 Å². The first-order valence-electron chi connectivity index (χ1n) is 39.1. The highest BCUT2D eigenvalue weighted by molar-refractivity contribution is 7.47. The molecular weight excluding hydrogens is 1230 g/mol. The van der Waals surface area contributed by atoms with Crippen molar-refractivity contribution in [2.45, 2.75) is 412 Å². The van der Waals surface area contributed by atoms with Gasteiger partial charge < -0.3 is 33.8 Å². The molecule has 0 aliphatic rings. The van der Waals surface area contributed by atoms with Gasteiger partial charge in [-0.1, -0.05) is 343 Å². The van der Waals surface area contributed by atoms with Gasteiger partial charge in [-0.15, -0.1) is 0 Å². The molecule has 0 aromatic carbocycles. The zero-order valence-electron chi connectivity index (χ0n) is 61.1. The third kappa shape index (κ3) is 68.6. The Kier molecular flexibility index (Phi) is 66.8. The average Bonchev–Trinajstić information content (AvgIpc) is 1.23. The predicted octanol–water partition coefficient (Wildman–Crippen LogP) is 22.1. The van der Waals surface area contributed by atoms with Crippen LogP contribution in [-0.4, -0.2) is 96.7 Å². The number of hydrogen-bond donors (Lipinski definition) is 3. The number of phosphoric ester groups is 2. The van der Waals surface area contributed by atoms with Crippen LogP contribution in [0.4, 0.5) is 0 Å². The molecule has 0 aliphatic heterocycles. The molecule has 19 heteroatoms. The fraction of sp³-hybridized carbons (Fsp3) is 0.947. The summed E-state index contributed by atoms with van der Waals surface area (Å²) in [7, 11) is -9.91. The molecule has 5 atom stereocenters. The van der Waals surface area contributed by atoms with Crippen molar-refractivity contribution in [2.24, 2.45) is 5.92 Å². The van der Waals surface area contributed by atoms with Crippen molar-refractivity contribution >= 4 is 39.5 Å². The van der Waals surface area contributed by atoms with Crippen LogP contribution in [0, 0.1) is 5.92 Å². The van der Waals surface area contributed by atoms with Crippen LogP contribution >= 0.6 is 15.6 Å². The second-order valence-corrected chi connectivity index (χ2v) is 30.4. The van der Waals surface area contributed by atoms with Gasteiger partial charge in [-0.3, -0.25) is 37.3 Å². The summed E-state index contributed by atoms with van der Waals surface area (Å²) in [5, 5.41) is 10.6. The molecule has 0 saturated heterocycles. The largest absolute Gasteiger partial charge is 0.472 e. The van der Waals surface area contributed by atoms with E-state index in [-0.39, 0.29) is 25.7 Å². The van der Waals surface area contributed by atoms with Crippen molar-refractivity contribution in [3.63, 3.8) is 0 Å². The van der Waals surface area contributed by atoms with Crippen LogP contribution in [0.15, 0.2) is 0 Å². The van der Waals surface area contributed by atoms with Crippen LogP contribution in [0.25, 0.3) is 0 Å². The van der Waals surface area contributed by atoms with E-state index in [9.17, 15) is 43.2 Å². The summed E-state index contributed by atoms with van der Waals surface area (Å²) in [6.45, 7) is 7.31. The van der Waals surface area contributed by atoms with E-state index in [0.29, 0.717) is 25.7 Å². The Bertz CT molecular complexity index is 1810. The topological polar surface area (TPSA) is 237 Å². The molecule has 0 radical (unpaired) electrons. The standard InChI is InChI=1S/C75H146O17P2/c1-6-9-12-15-18-21-24-27-33-38-43-48-53-58-72(77)85-64-70(91-74(79)60-55-50-45-40-35-29-26-23-20-17-14-11-8-3)66-89-93(81,82)87-62-69(76)63-88-94(83,84)90-67-71(65-86-73(78)59-54-49-44-39-34-28-25-22-19-16-13-10-7-2)92-75(80)61-56-51-46-41-36-31-30-32-37-42-47-52-57-68(4)5/h68-71,76H,6-67H2,1-5H3,(H,81,82)(H,83,84)/t69-,70+,71+/m0/s1. The SMILES string of the molecule is CCCCCCCCCCCCCCCC(=O)OC[C@H](COP(=O)(O)OC[C@H](O)COP(=O)(O)OC[C@@H](COC(=O)CCCCCCCCCCCCCCC)OC(=O)CCCCCCCCCCCCCCC(C)C)OC(=O)CCCCCCCCCCCCCCC. The fourth-order valence-electron chi connectivity index (χ4n) is 11.5. The molecule has 2 unspecified atom stereocenters. The van der Waals surface area contributed by atoms with Crippen LogP contribution in [0.3, 0.4) is 0 Å². The van der Waals surface area contributed by atoms with Crippen molar-refractivity contribution < 1.29 is 80.2 Å². The van der Waals surface area contributed by atoms with Gasteiger partial charge in [0.05, 0.1) is 26.4 Å². The smallest absolute Gasteiger partial charge is 0.462 e. The Morgan fingerprint density at radius 1 is 0.287 bits per heavy atom. The van der Waals surface area contributed by atoms with E-state index in [2.05, 4.69) is 34.6 Å². The van der Waals surface area contributed by atoms with Crippen molar-refractivity contribution in [1.82, 2.24) is 0 Å². The lowest BCUT2D eigenvalue weighted by atomic mass is 10.0. The van der Waals surface area contributed by atoms with Crippen molar-refractivity contribution in [3.05, 3.63) is 0 Å². The Balaban J connectivity index is 5.26. The number of aliphatic hydroxyl groups excluding tert-OH is 1. The maximum Gasteiger partial charge on any atom is 0.472 e. The molecule has 0 aliphatic carbocycles. The van der Waals surface area contributed by atoms with E-state index < -0.39 is 97.5 Å². The highest BCUT2D eigenvalue weighted by atomic mass is 31.2. The van der Waals surface area contributed by atoms with Gasteiger partial charge in [0, 0.05) is 25.7 Å². The predicted molar refractivity (Wildman–Crippen MR) is 382 cm³/mol. The van der Waals surface area contributed by atoms with Crippen LogP contribution < -0.4 is 0 Å². The molecule has 0 fully saturated rings. The summed E-state index contributed by atoms with van der Waals surface area (Å²) in [6.07, 6.45) is 56.6. The second-order valence-electron chi connectivity index (χ2n) is 27.5. The first-order chi connectivity index (χ1) is 45.5. The molecule has 0 spiro atoms. The number of carbonyl (C=O) groups is 4. The van der Waals surface area contributed by atoms with Crippen LogP contribution in [0.5, 0.6) is 0 Å². The lowest BCUT2D eigenvalue weighted by molar-refractivity contribution is -0.161. The molecule has 0 saturated carbocycles. The minimum Gasteiger partial charge on any atom is -0.462 e. The monoisotopic (exact) mass is 1380 g/mol. The van der Waals surface area contributed by atoms with Crippen LogP contribution in [0.1, 0.15) is 394 Å². The number of esters is 4. The van der Waals surface area contributed by atoms with E-state index in [0.717, 1.165) is 95.8 Å². The molecular formula is C75H146O17P2. The van der Waals surface area contributed by atoms with Crippen LogP contribution in [-0.2, 0) is 65.4 Å². The molecule has 0 amide bonds. The zero-order chi connectivity index (χ0) is 69.1. The summed E-state index contributed by atoms with van der Waals surface area (Å²) in [6, 6.07) is 0. The molecule has 0 aromatic rings. The van der Waals surface area contributed by atoms with Gasteiger partial charge in [0.1, 0.15) is 19.3 Å². The molecule has 0 rings (SSSR count). The molecule has 0 heterocycles. The molecule has 0 aromatic heterocycles. The Labute approximate surface area is 575 Å². The Morgan fingerprint density at radius 2 is 0.489 bits per heavy atom. The minimum absolute atomic E-state index is 0.108. The summed E-state index contributed by atoms with van der Waals surface area (Å²) >= 11 is 0. The first kappa shape index (κ1) is 92.1. The first-order valence-corrected chi connectivity index (χ1v) is 42.1. The number of aliphatic hydroxyl groups is 1. The summed E-state index contributed by atoms with van der Waals surface area (Å²) in [5.41, 5.74) is 0. The quantitative estimate of drug-likeness (QED) is 0.0222. The second kappa shape index (κ2) is 68.2.